The molecular weight excluding hydrogens is 428 g/mol. The monoisotopic (exact) mass is 462 g/mol. The summed E-state index contributed by atoms with van der Waals surface area (Å²) in [5, 5.41) is 17.5. The van der Waals surface area contributed by atoms with Gasteiger partial charge in [-0.2, -0.15) is 10.2 Å². The van der Waals surface area contributed by atoms with Crippen molar-refractivity contribution >= 4 is 17.5 Å². The summed E-state index contributed by atoms with van der Waals surface area (Å²) < 4.78 is 1.64. The summed E-state index contributed by atoms with van der Waals surface area (Å²) in [5.41, 5.74) is 5.24. The Labute approximate surface area is 200 Å². The first-order valence-corrected chi connectivity index (χ1v) is 12.1. The van der Waals surface area contributed by atoms with Gasteiger partial charge in [-0.25, -0.2) is 0 Å². The number of H-pyrrole nitrogens is 1. The third kappa shape index (κ3) is 5.05. The minimum Gasteiger partial charge on any atom is -0.339 e. The predicted octanol–water partition coefficient (Wildman–Crippen LogP) is 4.47. The van der Waals surface area contributed by atoms with E-state index in [-0.39, 0.29) is 17.7 Å². The lowest BCUT2D eigenvalue weighted by Gasteiger charge is -2.32. The van der Waals surface area contributed by atoms with E-state index in [2.05, 4.69) is 32.9 Å². The quantitative estimate of drug-likeness (QED) is 0.482. The van der Waals surface area contributed by atoms with Crippen molar-refractivity contribution in [1.82, 2.24) is 25.3 Å². The standard InChI is InChI=1S/C26H34N6O2/c1-5-32-22(14-15-27-32)25(33)29-24(20-8-6-16(2)7-9-20)26(34)28-21-12-10-19(11-13-21)23-17(3)30-31-18(23)4/h10-16,20,24H,5-9H2,1-4H3,(H,28,34)(H,29,33)(H,30,31). The van der Waals surface area contributed by atoms with Crippen LogP contribution in [0.15, 0.2) is 36.5 Å². The van der Waals surface area contributed by atoms with Gasteiger partial charge in [-0.1, -0.05) is 31.9 Å². The van der Waals surface area contributed by atoms with Crippen molar-refractivity contribution in [2.75, 3.05) is 5.32 Å². The number of benzene rings is 1. The number of amides is 2. The van der Waals surface area contributed by atoms with Crippen molar-refractivity contribution in [1.29, 1.82) is 0 Å². The zero-order valence-electron chi connectivity index (χ0n) is 20.4. The van der Waals surface area contributed by atoms with Gasteiger partial charge in [-0.15, -0.1) is 0 Å². The van der Waals surface area contributed by atoms with Crippen LogP contribution in [0.3, 0.4) is 0 Å². The Kier molecular flexibility index (Phi) is 7.14. The molecule has 0 aliphatic heterocycles. The van der Waals surface area contributed by atoms with Crippen LogP contribution in [0.4, 0.5) is 5.69 Å². The minimum absolute atomic E-state index is 0.105. The molecule has 180 valence electrons. The molecule has 1 fully saturated rings. The molecule has 8 nitrogen and oxygen atoms in total. The third-order valence-electron chi connectivity index (χ3n) is 6.92. The Balaban J connectivity index is 1.51. The molecule has 1 aromatic carbocycles. The van der Waals surface area contributed by atoms with Gasteiger partial charge < -0.3 is 10.6 Å². The highest BCUT2D eigenvalue weighted by molar-refractivity contribution is 6.00. The summed E-state index contributed by atoms with van der Waals surface area (Å²) in [6.45, 7) is 8.74. The van der Waals surface area contributed by atoms with E-state index in [0.29, 0.717) is 23.8 Å². The van der Waals surface area contributed by atoms with Gasteiger partial charge in [-0.05, 0) is 69.2 Å². The van der Waals surface area contributed by atoms with Gasteiger partial charge in [0, 0.05) is 29.7 Å². The van der Waals surface area contributed by atoms with Crippen LogP contribution in [0.25, 0.3) is 11.1 Å². The molecule has 4 rings (SSSR count). The lowest BCUT2D eigenvalue weighted by molar-refractivity contribution is -0.119. The van der Waals surface area contributed by atoms with E-state index in [0.717, 1.165) is 48.2 Å². The number of carbonyl (C=O) groups is 2. The molecule has 0 radical (unpaired) electrons. The molecule has 3 aromatic rings. The highest BCUT2D eigenvalue weighted by atomic mass is 16.2. The minimum atomic E-state index is -0.599. The van der Waals surface area contributed by atoms with Crippen LogP contribution in [0, 0.1) is 25.7 Å². The number of hydrogen-bond acceptors (Lipinski definition) is 4. The fourth-order valence-electron chi connectivity index (χ4n) is 4.93. The molecule has 2 aromatic heterocycles. The highest BCUT2D eigenvalue weighted by Gasteiger charge is 2.33. The second-order valence-corrected chi connectivity index (χ2v) is 9.38. The van der Waals surface area contributed by atoms with E-state index in [9.17, 15) is 9.59 Å². The zero-order valence-corrected chi connectivity index (χ0v) is 20.4. The number of hydrogen-bond donors (Lipinski definition) is 3. The average molecular weight is 463 g/mol. The molecule has 2 heterocycles. The Bertz CT molecular complexity index is 1120. The van der Waals surface area contributed by atoms with Crippen LogP contribution in [0.5, 0.6) is 0 Å². The van der Waals surface area contributed by atoms with Crippen LogP contribution in [0.2, 0.25) is 0 Å². The Morgan fingerprint density at radius 3 is 2.44 bits per heavy atom. The summed E-state index contributed by atoms with van der Waals surface area (Å²) in [7, 11) is 0. The largest absolute Gasteiger partial charge is 0.339 e. The molecule has 1 aliphatic carbocycles. The zero-order chi connectivity index (χ0) is 24.2. The lowest BCUT2D eigenvalue weighted by Crippen LogP contribution is -2.49. The molecule has 1 unspecified atom stereocenters. The van der Waals surface area contributed by atoms with Crippen molar-refractivity contribution in [2.24, 2.45) is 11.8 Å². The smallest absolute Gasteiger partial charge is 0.270 e. The van der Waals surface area contributed by atoms with Crippen LogP contribution >= 0.6 is 0 Å². The predicted molar refractivity (Wildman–Crippen MR) is 132 cm³/mol. The number of nitrogens with zero attached hydrogens (tertiary/aromatic N) is 3. The molecule has 0 saturated heterocycles. The van der Waals surface area contributed by atoms with Crippen molar-refractivity contribution in [3.8, 4) is 11.1 Å². The first-order chi connectivity index (χ1) is 16.4. The van der Waals surface area contributed by atoms with Gasteiger partial charge in [0.2, 0.25) is 5.91 Å². The average Bonchev–Trinajstić information content (AvgIpc) is 3.45. The van der Waals surface area contributed by atoms with Gasteiger partial charge in [0.1, 0.15) is 11.7 Å². The van der Waals surface area contributed by atoms with E-state index in [1.165, 1.54) is 0 Å². The molecular formula is C26H34N6O2. The SMILES string of the molecule is CCn1nccc1C(=O)NC(C(=O)Nc1ccc(-c2c(C)n[nH]c2C)cc1)C1CCC(C)CC1. The summed E-state index contributed by atoms with van der Waals surface area (Å²) in [6.07, 6.45) is 5.58. The van der Waals surface area contributed by atoms with Gasteiger partial charge in [0.05, 0.1) is 5.69 Å². The maximum absolute atomic E-state index is 13.4. The lowest BCUT2D eigenvalue weighted by atomic mass is 9.79. The molecule has 8 heteroatoms. The summed E-state index contributed by atoms with van der Waals surface area (Å²) in [5.74, 6) is 0.312. The van der Waals surface area contributed by atoms with E-state index in [1.54, 1.807) is 16.9 Å². The van der Waals surface area contributed by atoms with E-state index < -0.39 is 6.04 Å². The fraction of sp³-hybridized carbons (Fsp3) is 0.462. The van der Waals surface area contributed by atoms with Gasteiger partial charge in [0.15, 0.2) is 0 Å². The van der Waals surface area contributed by atoms with E-state index in [4.69, 9.17) is 0 Å². The van der Waals surface area contributed by atoms with Crippen LogP contribution in [-0.2, 0) is 11.3 Å². The van der Waals surface area contributed by atoms with Crippen LogP contribution in [0.1, 0.15) is 61.4 Å². The maximum atomic E-state index is 13.4. The number of aromatic amines is 1. The number of rotatable bonds is 7. The van der Waals surface area contributed by atoms with Gasteiger partial charge >= 0.3 is 0 Å². The summed E-state index contributed by atoms with van der Waals surface area (Å²) in [4.78, 5) is 26.5. The Morgan fingerprint density at radius 1 is 1.12 bits per heavy atom. The summed E-state index contributed by atoms with van der Waals surface area (Å²) in [6, 6.07) is 8.85. The van der Waals surface area contributed by atoms with Crippen molar-refractivity contribution in [3.63, 3.8) is 0 Å². The normalized spacial score (nSPS) is 18.9. The van der Waals surface area contributed by atoms with Crippen molar-refractivity contribution in [2.45, 2.75) is 66.0 Å². The highest BCUT2D eigenvalue weighted by Crippen LogP contribution is 2.31. The molecule has 0 spiro atoms. The van der Waals surface area contributed by atoms with Crippen molar-refractivity contribution in [3.05, 3.63) is 53.6 Å². The van der Waals surface area contributed by atoms with Gasteiger partial charge in [0.25, 0.3) is 5.91 Å². The fourth-order valence-corrected chi connectivity index (χ4v) is 4.93. The second-order valence-electron chi connectivity index (χ2n) is 9.38. The molecule has 1 atom stereocenters. The maximum Gasteiger partial charge on any atom is 0.270 e. The molecule has 34 heavy (non-hydrogen) atoms. The molecule has 1 aliphatic rings. The van der Waals surface area contributed by atoms with Crippen LogP contribution < -0.4 is 10.6 Å². The summed E-state index contributed by atoms with van der Waals surface area (Å²) >= 11 is 0. The second kappa shape index (κ2) is 10.2. The Hall–Kier alpha value is -3.42. The third-order valence-corrected chi connectivity index (χ3v) is 6.92. The first kappa shape index (κ1) is 23.7. The van der Waals surface area contributed by atoms with E-state index in [1.807, 2.05) is 45.0 Å². The first-order valence-electron chi connectivity index (χ1n) is 12.1. The topological polar surface area (TPSA) is 105 Å². The number of aryl methyl sites for hydroxylation is 3. The number of nitrogens with one attached hydrogen (secondary N) is 3. The van der Waals surface area contributed by atoms with E-state index >= 15 is 0 Å². The Morgan fingerprint density at radius 2 is 1.82 bits per heavy atom. The van der Waals surface area contributed by atoms with Gasteiger partial charge in [-0.3, -0.25) is 19.4 Å². The molecule has 2 amide bonds. The number of aromatic nitrogens is 4. The number of anilines is 1. The molecule has 1 saturated carbocycles. The van der Waals surface area contributed by atoms with Crippen LogP contribution in [-0.4, -0.2) is 37.8 Å². The molecule has 0 bridgehead atoms. The molecule has 3 N–H and O–H groups in total. The number of carbonyl (C=O) groups excluding carboxylic acids is 2. The van der Waals surface area contributed by atoms with Crippen molar-refractivity contribution < 1.29 is 9.59 Å².